The zero-order valence-electron chi connectivity index (χ0n) is 36.7. The van der Waals surface area contributed by atoms with E-state index in [1.165, 1.54) is 86.7 Å². The summed E-state index contributed by atoms with van der Waals surface area (Å²) in [6, 6.07) is 61.3. The summed E-state index contributed by atoms with van der Waals surface area (Å²) in [5.41, 5.74) is 18.6. The van der Waals surface area contributed by atoms with E-state index in [1.54, 1.807) is 0 Å². The molecule has 0 N–H and O–H groups in total. The minimum Gasteiger partial charge on any atom is -0.456 e. The van der Waals surface area contributed by atoms with E-state index in [0.717, 1.165) is 44.7 Å². The lowest BCUT2D eigenvalue weighted by atomic mass is 9.33. The van der Waals surface area contributed by atoms with Gasteiger partial charge in [0.1, 0.15) is 11.2 Å². The second-order valence-corrected chi connectivity index (χ2v) is 20.0. The highest BCUT2D eigenvalue weighted by molar-refractivity contribution is 7.00. The molecule has 0 amide bonds. The molecule has 1 aromatic heterocycles. The summed E-state index contributed by atoms with van der Waals surface area (Å²) in [6.45, 7) is 12.4. The minimum absolute atomic E-state index is 0.0285. The number of anilines is 8. The van der Waals surface area contributed by atoms with Crippen LogP contribution in [0.3, 0.4) is 0 Å². The fourth-order valence-electron chi connectivity index (χ4n) is 12.4. The first-order valence-corrected chi connectivity index (χ1v) is 22.9. The van der Waals surface area contributed by atoms with E-state index in [4.69, 9.17) is 4.42 Å². The molecule has 4 aliphatic rings. The van der Waals surface area contributed by atoms with Crippen molar-refractivity contribution in [3.05, 3.63) is 175 Å². The van der Waals surface area contributed by atoms with Crippen LogP contribution in [-0.2, 0) is 10.8 Å². The molecule has 4 heterocycles. The fourth-order valence-corrected chi connectivity index (χ4v) is 12.4. The van der Waals surface area contributed by atoms with Crippen LogP contribution in [0.15, 0.2) is 168 Å². The van der Waals surface area contributed by atoms with Crippen molar-refractivity contribution in [3.63, 3.8) is 0 Å². The molecule has 8 aromatic carbocycles. The number of benzene rings is 8. The number of fused-ring (bicyclic) bond motifs is 11. The predicted molar refractivity (Wildman–Crippen MR) is 267 cm³/mol. The van der Waals surface area contributed by atoms with Crippen LogP contribution in [0, 0.1) is 0 Å². The maximum Gasteiger partial charge on any atom is 0.252 e. The van der Waals surface area contributed by atoms with Gasteiger partial charge in [0.2, 0.25) is 0 Å². The summed E-state index contributed by atoms with van der Waals surface area (Å²) in [5, 5.41) is 4.65. The lowest BCUT2D eigenvalue weighted by Gasteiger charge is -2.53. The highest BCUT2D eigenvalue weighted by Crippen LogP contribution is 2.62. The smallest absolute Gasteiger partial charge is 0.252 e. The van der Waals surface area contributed by atoms with Gasteiger partial charge in [-0.25, -0.2) is 0 Å². The first-order chi connectivity index (χ1) is 30.6. The van der Waals surface area contributed by atoms with E-state index >= 15 is 0 Å². The maximum atomic E-state index is 6.54. The number of para-hydroxylation sites is 3. The largest absolute Gasteiger partial charge is 0.456 e. The molecule has 4 nitrogen and oxygen atoms in total. The van der Waals surface area contributed by atoms with Crippen molar-refractivity contribution in [1.82, 2.24) is 0 Å². The van der Waals surface area contributed by atoms with Crippen molar-refractivity contribution in [2.45, 2.75) is 76.7 Å². The Labute approximate surface area is 370 Å². The number of hydrogen-bond acceptors (Lipinski definition) is 4. The third kappa shape index (κ3) is 4.99. The van der Waals surface area contributed by atoms with Gasteiger partial charge < -0.3 is 19.1 Å². The molecule has 63 heavy (non-hydrogen) atoms. The molecular weight excluding hydrogens is 765 g/mol. The molecule has 1 aliphatic carbocycles. The first kappa shape index (κ1) is 36.9. The van der Waals surface area contributed by atoms with Crippen LogP contribution in [-0.4, -0.2) is 12.3 Å². The average molecular weight is 816 g/mol. The number of furan rings is 1. The number of rotatable bonds is 4. The molecular formula is C58H50BN3O. The molecule has 1 saturated carbocycles. The normalized spacial score (nSPS) is 19.6. The SMILES string of the molecule is CC(C)(C)c1cc2c3c(c1)N1c4c(cccc4C4(C)CCCCC14C)B3c1ccc(N(c3ccc4ccccc4c3)c3cccc4oc5ccccc5c34)cc1N2c1ccccc1. The lowest BCUT2D eigenvalue weighted by molar-refractivity contribution is 0.195. The Balaban J connectivity index is 1.12. The monoisotopic (exact) mass is 815 g/mol. The summed E-state index contributed by atoms with van der Waals surface area (Å²) >= 11 is 0. The predicted octanol–water partition coefficient (Wildman–Crippen LogP) is 13.9. The topological polar surface area (TPSA) is 22.9 Å². The van der Waals surface area contributed by atoms with Crippen LogP contribution < -0.4 is 31.1 Å². The van der Waals surface area contributed by atoms with E-state index in [9.17, 15) is 0 Å². The van der Waals surface area contributed by atoms with Gasteiger partial charge in [-0.1, -0.05) is 138 Å². The molecule has 0 radical (unpaired) electrons. The van der Waals surface area contributed by atoms with Gasteiger partial charge in [0.15, 0.2) is 0 Å². The second kappa shape index (κ2) is 12.9. The summed E-state index contributed by atoms with van der Waals surface area (Å²) < 4.78 is 6.54. The zero-order chi connectivity index (χ0) is 42.4. The zero-order valence-corrected chi connectivity index (χ0v) is 36.7. The van der Waals surface area contributed by atoms with Crippen LogP contribution in [0.2, 0.25) is 0 Å². The molecule has 2 unspecified atom stereocenters. The van der Waals surface area contributed by atoms with Crippen LogP contribution >= 0.6 is 0 Å². The van der Waals surface area contributed by atoms with Gasteiger partial charge in [0.05, 0.1) is 16.6 Å². The van der Waals surface area contributed by atoms with Crippen LogP contribution in [0.1, 0.15) is 71.4 Å². The van der Waals surface area contributed by atoms with Crippen LogP contribution in [0.5, 0.6) is 0 Å². The van der Waals surface area contributed by atoms with E-state index in [1.807, 2.05) is 0 Å². The van der Waals surface area contributed by atoms with Crippen molar-refractivity contribution in [3.8, 4) is 0 Å². The van der Waals surface area contributed by atoms with Crippen LogP contribution in [0.4, 0.5) is 45.5 Å². The molecule has 0 spiro atoms. The Morgan fingerprint density at radius 2 is 1.32 bits per heavy atom. The molecule has 1 fully saturated rings. The summed E-state index contributed by atoms with van der Waals surface area (Å²) in [6.07, 6.45) is 4.93. The second-order valence-electron chi connectivity index (χ2n) is 20.0. The molecule has 0 saturated heterocycles. The Morgan fingerprint density at radius 1 is 0.603 bits per heavy atom. The van der Waals surface area contributed by atoms with Crippen LogP contribution in [0.25, 0.3) is 32.7 Å². The standard InChI is InChI=1S/C58H50BN3O/c1-56(2,3)39-34-49-54-50(35-39)62-55-44(57(4)31-13-14-32-58(57,62)5)22-15-23-46(55)59(54)45-30-29-42(36-48(45)61(49)40-19-7-6-8-20-40)60(41-28-27-37-17-9-10-18-38(37)33-41)47-24-16-26-52-53(47)43-21-11-12-25-51(43)63-52/h6-12,15-30,33-36H,13-14,31-32H2,1-5H3. The number of nitrogens with zero attached hydrogens (tertiary/aromatic N) is 3. The molecule has 2 atom stereocenters. The third-order valence-corrected chi connectivity index (χ3v) is 15.7. The van der Waals surface area contributed by atoms with E-state index in [2.05, 4.69) is 213 Å². The Bertz CT molecular complexity index is 3360. The molecule has 5 heteroatoms. The van der Waals surface area contributed by atoms with Gasteiger partial charge in [0, 0.05) is 50.6 Å². The molecule has 3 aliphatic heterocycles. The third-order valence-electron chi connectivity index (χ3n) is 15.7. The van der Waals surface area contributed by atoms with E-state index < -0.39 is 0 Å². The van der Waals surface area contributed by atoms with Gasteiger partial charge in [-0.2, -0.15) is 0 Å². The van der Waals surface area contributed by atoms with Crippen molar-refractivity contribution < 1.29 is 4.42 Å². The lowest BCUT2D eigenvalue weighted by Crippen LogP contribution is -2.64. The molecule has 9 aromatic rings. The highest BCUT2D eigenvalue weighted by atomic mass is 16.3. The maximum absolute atomic E-state index is 6.54. The Hall–Kier alpha value is -6.72. The van der Waals surface area contributed by atoms with Gasteiger partial charge in [-0.3, -0.25) is 0 Å². The van der Waals surface area contributed by atoms with E-state index in [0.29, 0.717) is 0 Å². The fraction of sp³-hybridized carbons (Fsp3) is 0.207. The van der Waals surface area contributed by atoms with Crippen molar-refractivity contribution in [1.29, 1.82) is 0 Å². The van der Waals surface area contributed by atoms with Crippen molar-refractivity contribution >= 4 is 101 Å². The van der Waals surface area contributed by atoms with Gasteiger partial charge in [-0.05, 0) is 130 Å². The minimum atomic E-state index is -0.0687. The Morgan fingerprint density at radius 3 is 2.17 bits per heavy atom. The van der Waals surface area contributed by atoms with Crippen molar-refractivity contribution in [2.75, 3.05) is 14.7 Å². The summed E-state index contributed by atoms with van der Waals surface area (Å²) in [4.78, 5) is 7.90. The van der Waals surface area contributed by atoms with Gasteiger partial charge in [-0.15, -0.1) is 0 Å². The van der Waals surface area contributed by atoms with Crippen molar-refractivity contribution in [2.24, 2.45) is 0 Å². The first-order valence-electron chi connectivity index (χ1n) is 22.9. The molecule has 0 bridgehead atoms. The number of hydrogen-bond donors (Lipinski definition) is 0. The van der Waals surface area contributed by atoms with E-state index in [-0.39, 0.29) is 23.1 Å². The summed E-state index contributed by atoms with van der Waals surface area (Å²) in [5.74, 6) is 0. The highest BCUT2D eigenvalue weighted by Gasteiger charge is 2.61. The quantitative estimate of drug-likeness (QED) is 0.165. The van der Waals surface area contributed by atoms with Gasteiger partial charge in [0.25, 0.3) is 6.71 Å². The molecule has 306 valence electrons. The summed E-state index contributed by atoms with van der Waals surface area (Å²) in [7, 11) is 0. The van der Waals surface area contributed by atoms with Gasteiger partial charge >= 0.3 is 0 Å². The molecule has 13 rings (SSSR count). The average Bonchev–Trinajstić information content (AvgIpc) is 3.78. The Kier molecular flexibility index (Phi) is 7.57.